The average molecular weight is 334 g/mol. The van der Waals surface area contributed by atoms with Gasteiger partial charge in [0, 0.05) is 36.9 Å². The van der Waals surface area contributed by atoms with Gasteiger partial charge in [0.2, 0.25) is 0 Å². The summed E-state index contributed by atoms with van der Waals surface area (Å²) in [5.74, 6) is 0.646. The molecule has 0 unspecified atom stereocenters. The van der Waals surface area contributed by atoms with Gasteiger partial charge in [-0.1, -0.05) is 23.7 Å². The zero-order valence-corrected chi connectivity index (χ0v) is 14.3. The van der Waals surface area contributed by atoms with Crippen LogP contribution in [-0.2, 0) is 17.9 Å². The standard InChI is InChI=1S/C18H20ClNO3/c1-20(11-15-10-16(19)7-8-17(15)23-3)18(21)14-6-4-5-13(9-14)12-22-2/h4-10H,11-12H2,1-3H3. The van der Waals surface area contributed by atoms with E-state index in [1.807, 2.05) is 24.3 Å². The van der Waals surface area contributed by atoms with Crippen LogP contribution in [0.1, 0.15) is 21.5 Å². The van der Waals surface area contributed by atoms with Gasteiger partial charge in [-0.15, -0.1) is 0 Å². The summed E-state index contributed by atoms with van der Waals surface area (Å²) in [5.41, 5.74) is 2.46. The van der Waals surface area contributed by atoms with Gasteiger partial charge in [-0.3, -0.25) is 4.79 Å². The van der Waals surface area contributed by atoms with E-state index in [4.69, 9.17) is 21.1 Å². The predicted molar refractivity (Wildman–Crippen MR) is 91.0 cm³/mol. The number of carbonyl (C=O) groups is 1. The largest absolute Gasteiger partial charge is 0.496 e. The van der Waals surface area contributed by atoms with Crippen molar-refractivity contribution in [3.05, 3.63) is 64.2 Å². The second kappa shape index (κ2) is 7.99. The predicted octanol–water partition coefficient (Wildman–Crippen LogP) is 3.77. The molecule has 2 aromatic rings. The normalized spacial score (nSPS) is 10.4. The molecule has 0 radical (unpaired) electrons. The zero-order valence-electron chi connectivity index (χ0n) is 13.5. The summed E-state index contributed by atoms with van der Waals surface area (Å²) in [6.45, 7) is 0.893. The van der Waals surface area contributed by atoms with Crippen LogP contribution in [0.3, 0.4) is 0 Å². The molecule has 0 atom stereocenters. The van der Waals surface area contributed by atoms with Crippen LogP contribution >= 0.6 is 11.6 Å². The molecule has 0 aliphatic heterocycles. The number of nitrogens with zero attached hydrogens (tertiary/aromatic N) is 1. The molecular formula is C18H20ClNO3. The summed E-state index contributed by atoms with van der Waals surface area (Å²) in [7, 11) is 4.99. The molecule has 5 heteroatoms. The Kier molecular flexibility index (Phi) is 6.02. The molecule has 0 saturated carbocycles. The molecule has 2 rings (SSSR count). The van der Waals surface area contributed by atoms with Gasteiger partial charge in [-0.2, -0.15) is 0 Å². The Bertz CT molecular complexity index is 688. The lowest BCUT2D eigenvalue weighted by molar-refractivity contribution is 0.0784. The van der Waals surface area contributed by atoms with E-state index >= 15 is 0 Å². The molecule has 0 aromatic heterocycles. The Labute approximate surface area is 141 Å². The second-order valence-corrected chi connectivity index (χ2v) is 5.69. The van der Waals surface area contributed by atoms with Crippen molar-refractivity contribution >= 4 is 17.5 Å². The number of benzene rings is 2. The van der Waals surface area contributed by atoms with Gasteiger partial charge >= 0.3 is 0 Å². The summed E-state index contributed by atoms with van der Waals surface area (Å²) in [5, 5.41) is 0.615. The fraction of sp³-hybridized carbons (Fsp3) is 0.278. The third kappa shape index (κ3) is 4.47. The van der Waals surface area contributed by atoms with E-state index in [9.17, 15) is 4.79 Å². The molecule has 0 aliphatic carbocycles. The quantitative estimate of drug-likeness (QED) is 0.807. The number of hydrogen-bond donors (Lipinski definition) is 0. The van der Waals surface area contributed by atoms with Gasteiger partial charge in [0.05, 0.1) is 13.7 Å². The van der Waals surface area contributed by atoms with E-state index in [0.29, 0.717) is 29.5 Å². The van der Waals surface area contributed by atoms with Crippen molar-refractivity contribution in [2.45, 2.75) is 13.2 Å². The van der Waals surface area contributed by atoms with Crippen LogP contribution in [0, 0.1) is 0 Å². The number of amides is 1. The van der Waals surface area contributed by atoms with E-state index < -0.39 is 0 Å². The summed E-state index contributed by atoms with van der Waals surface area (Å²) in [6.07, 6.45) is 0. The van der Waals surface area contributed by atoms with E-state index in [-0.39, 0.29) is 5.91 Å². The first-order chi connectivity index (χ1) is 11.0. The maximum atomic E-state index is 12.6. The highest BCUT2D eigenvalue weighted by atomic mass is 35.5. The maximum Gasteiger partial charge on any atom is 0.253 e. The molecule has 0 spiro atoms. The molecule has 23 heavy (non-hydrogen) atoms. The number of halogens is 1. The molecule has 0 fully saturated rings. The Morgan fingerprint density at radius 3 is 2.65 bits per heavy atom. The number of hydrogen-bond acceptors (Lipinski definition) is 3. The molecule has 0 N–H and O–H groups in total. The van der Waals surface area contributed by atoms with Gasteiger partial charge in [-0.05, 0) is 35.9 Å². The molecule has 0 saturated heterocycles. The van der Waals surface area contributed by atoms with Crippen molar-refractivity contribution in [2.75, 3.05) is 21.3 Å². The number of carbonyl (C=O) groups excluding carboxylic acids is 1. The Balaban J connectivity index is 2.17. The van der Waals surface area contributed by atoms with Crippen LogP contribution in [0.5, 0.6) is 5.75 Å². The lowest BCUT2D eigenvalue weighted by atomic mass is 10.1. The van der Waals surface area contributed by atoms with Gasteiger partial charge in [0.1, 0.15) is 5.75 Å². The first kappa shape index (κ1) is 17.3. The monoisotopic (exact) mass is 333 g/mol. The third-order valence-corrected chi connectivity index (χ3v) is 3.72. The second-order valence-electron chi connectivity index (χ2n) is 5.25. The Hall–Kier alpha value is -2.04. The first-order valence-electron chi connectivity index (χ1n) is 7.21. The summed E-state index contributed by atoms with van der Waals surface area (Å²) >= 11 is 6.04. The minimum absolute atomic E-state index is 0.0648. The van der Waals surface area contributed by atoms with Gasteiger partial charge in [0.25, 0.3) is 5.91 Å². The van der Waals surface area contributed by atoms with Crippen molar-refractivity contribution in [3.8, 4) is 5.75 Å². The minimum Gasteiger partial charge on any atom is -0.496 e. The molecular weight excluding hydrogens is 314 g/mol. The molecule has 1 amide bonds. The summed E-state index contributed by atoms with van der Waals surface area (Å²) < 4.78 is 10.4. The van der Waals surface area contributed by atoms with Crippen molar-refractivity contribution in [2.24, 2.45) is 0 Å². The van der Waals surface area contributed by atoms with Crippen LogP contribution in [-0.4, -0.2) is 32.1 Å². The van der Waals surface area contributed by atoms with Crippen LogP contribution in [0.15, 0.2) is 42.5 Å². The number of ether oxygens (including phenoxy) is 2. The van der Waals surface area contributed by atoms with Crippen LogP contribution in [0.4, 0.5) is 0 Å². The fourth-order valence-corrected chi connectivity index (χ4v) is 2.57. The SMILES string of the molecule is COCc1cccc(C(=O)N(C)Cc2cc(Cl)ccc2OC)c1. The van der Waals surface area contributed by atoms with Gasteiger partial charge < -0.3 is 14.4 Å². The molecule has 0 aliphatic rings. The first-order valence-corrected chi connectivity index (χ1v) is 7.58. The zero-order chi connectivity index (χ0) is 16.8. The Morgan fingerprint density at radius 2 is 1.96 bits per heavy atom. The smallest absolute Gasteiger partial charge is 0.253 e. The van der Waals surface area contributed by atoms with Crippen molar-refractivity contribution in [3.63, 3.8) is 0 Å². The topological polar surface area (TPSA) is 38.8 Å². The highest BCUT2D eigenvalue weighted by Gasteiger charge is 2.15. The van der Waals surface area contributed by atoms with Crippen molar-refractivity contribution in [1.29, 1.82) is 0 Å². The lowest BCUT2D eigenvalue weighted by Crippen LogP contribution is -2.26. The van der Waals surface area contributed by atoms with Crippen molar-refractivity contribution in [1.82, 2.24) is 4.90 Å². The lowest BCUT2D eigenvalue weighted by Gasteiger charge is -2.19. The highest BCUT2D eigenvalue weighted by molar-refractivity contribution is 6.30. The molecule has 0 heterocycles. The summed E-state index contributed by atoms with van der Waals surface area (Å²) in [6, 6.07) is 12.8. The highest BCUT2D eigenvalue weighted by Crippen LogP contribution is 2.24. The number of rotatable bonds is 6. The van der Waals surface area contributed by atoms with Crippen molar-refractivity contribution < 1.29 is 14.3 Å². The van der Waals surface area contributed by atoms with Crippen LogP contribution < -0.4 is 4.74 Å². The average Bonchev–Trinajstić information content (AvgIpc) is 2.55. The summed E-state index contributed by atoms with van der Waals surface area (Å²) in [4.78, 5) is 14.2. The molecule has 122 valence electrons. The van der Waals surface area contributed by atoms with Gasteiger partial charge in [0.15, 0.2) is 0 Å². The van der Waals surface area contributed by atoms with E-state index in [2.05, 4.69) is 0 Å². The van der Waals surface area contributed by atoms with E-state index in [1.54, 1.807) is 44.4 Å². The number of methoxy groups -OCH3 is 2. The maximum absolute atomic E-state index is 12.6. The van der Waals surface area contributed by atoms with E-state index in [0.717, 1.165) is 11.1 Å². The third-order valence-electron chi connectivity index (χ3n) is 3.48. The van der Waals surface area contributed by atoms with Crippen LogP contribution in [0.2, 0.25) is 5.02 Å². The fourth-order valence-electron chi connectivity index (χ4n) is 2.38. The Morgan fingerprint density at radius 1 is 1.17 bits per heavy atom. The van der Waals surface area contributed by atoms with E-state index in [1.165, 1.54) is 0 Å². The molecule has 2 aromatic carbocycles. The molecule has 4 nitrogen and oxygen atoms in total. The minimum atomic E-state index is -0.0648. The van der Waals surface area contributed by atoms with Crippen LogP contribution in [0.25, 0.3) is 0 Å². The molecule has 0 bridgehead atoms. The van der Waals surface area contributed by atoms with Gasteiger partial charge in [-0.25, -0.2) is 0 Å².